The van der Waals surface area contributed by atoms with Crippen molar-refractivity contribution in [2.24, 2.45) is 5.92 Å². The molecule has 0 N–H and O–H groups in total. The van der Waals surface area contributed by atoms with Crippen molar-refractivity contribution in [3.63, 3.8) is 0 Å². The van der Waals surface area contributed by atoms with Crippen LogP contribution >= 0.6 is 15.9 Å². The van der Waals surface area contributed by atoms with Gasteiger partial charge in [0, 0.05) is 17.5 Å². The Labute approximate surface area is 127 Å². The van der Waals surface area contributed by atoms with Gasteiger partial charge in [-0.15, -0.1) is 0 Å². The molecule has 2 unspecified atom stereocenters. The Morgan fingerprint density at radius 2 is 1.80 bits per heavy atom. The molecule has 0 aliphatic carbocycles. The number of hydrogen-bond acceptors (Lipinski definition) is 4. The minimum atomic E-state index is -0.948. The standard InChI is InChI=1S/C15H19BrO4/c1-3-19-12(10-16)13(15(18)20-4-2)14(17)11-8-6-5-7-9-11/h5-9,12-13H,3-4,10H2,1-2H3. The monoisotopic (exact) mass is 342 g/mol. The van der Waals surface area contributed by atoms with Crippen molar-refractivity contribution in [3.8, 4) is 0 Å². The van der Waals surface area contributed by atoms with Crippen molar-refractivity contribution in [1.29, 1.82) is 0 Å². The van der Waals surface area contributed by atoms with Crippen molar-refractivity contribution in [1.82, 2.24) is 0 Å². The molecule has 110 valence electrons. The third-order valence-electron chi connectivity index (χ3n) is 2.79. The van der Waals surface area contributed by atoms with Gasteiger partial charge in [0.1, 0.15) is 5.92 Å². The van der Waals surface area contributed by atoms with Crippen LogP contribution in [0.4, 0.5) is 0 Å². The molecule has 0 aromatic heterocycles. The number of rotatable bonds is 8. The predicted molar refractivity (Wildman–Crippen MR) is 80.1 cm³/mol. The molecule has 0 radical (unpaired) electrons. The van der Waals surface area contributed by atoms with E-state index in [4.69, 9.17) is 9.47 Å². The van der Waals surface area contributed by atoms with Crippen LogP contribution in [0.15, 0.2) is 30.3 Å². The number of halogens is 1. The summed E-state index contributed by atoms with van der Waals surface area (Å²) >= 11 is 3.29. The lowest BCUT2D eigenvalue weighted by Gasteiger charge is -2.22. The van der Waals surface area contributed by atoms with Crippen LogP contribution in [0.2, 0.25) is 0 Å². The van der Waals surface area contributed by atoms with Crippen LogP contribution in [0.25, 0.3) is 0 Å². The molecule has 0 saturated carbocycles. The van der Waals surface area contributed by atoms with E-state index in [1.807, 2.05) is 13.0 Å². The van der Waals surface area contributed by atoms with Gasteiger partial charge in [-0.1, -0.05) is 46.3 Å². The zero-order valence-corrected chi connectivity index (χ0v) is 13.3. The first-order valence-electron chi connectivity index (χ1n) is 6.59. The summed E-state index contributed by atoms with van der Waals surface area (Å²) in [5, 5.41) is 0.392. The summed E-state index contributed by atoms with van der Waals surface area (Å²) in [6.07, 6.45) is -0.535. The van der Waals surface area contributed by atoms with Gasteiger partial charge in [0.25, 0.3) is 0 Å². The normalized spacial score (nSPS) is 13.6. The van der Waals surface area contributed by atoms with Gasteiger partial charge >= 0.3 is 5.97 Å². The molecule has 20 heavy (non-hydrogen) atoms. The van der Waals surface area contributed by atoms with Gasteiger partial charge in [0.2, 0.25) is 0 Å². The Balaban J connectivity index is 3.03. The summed E-state index contributed by atoms with van der Waals surface area (Å²) in [6.45, 7) is 4.20. The molecule has 0 heterocycles. The highest BCUT2D eigenvalue weighted by atomic mass is 79.9. The Kier molecular flexibility index (Phi) is 7.47. The second-order valence-corrected chi connectivity index (χ2v) is 4.76. The van der Waals surface area contributed by atoms with Crippen LogP contribution in [0, 0.1) is 5.92 Å². The van der Waals surface area contributed by atoms with E-state index in [1.54, 1.807) is 31.2 Å². The molecular formula is C15H19BrO4. The highest BCUT2D eigenvalue weighted by Gasteiger charge is 2.36. The summed E-state index contributed by atoms with van der Waals surface area (Å²) in [5.41, 5.74) is 0.483. The molecular weight excluding hydrogens is 324 g/mol. The molecule has 0 aliphatic rings. The molecule has 5 heteroatoms. The predicted octanol–water partition coefficient (Wildman–Crippen LogP) is 2.85. The van der Waals surface area contributed by atoms with Gasteiger partial charge in [-0.25, -0.2) is 0 Å². The van der Waals surface area contributed by atoms with Crippen LogP contribution in [0.5, 0.6) is 0 Å². The molecule has 0 amide bonds. The van der Waals surface area contributed by atoms with Crippen LogP contribution in [0.1, 0.15) is 24.2 Å². The smallest absolute Gasteiger partial charge is 0.319 e. The van der Waals surface area contributed by atoms with Gasteiger partial charge < -0.3 is 9.47 Å². The fraction of sp³-hybridized carbons (Fsp3) is 0.467. The lowest BCUT2D eigenvalue weighted by molar-refractivity contribution is -0.150. The Morgan fingerprint density at radius 1 is 1.15 bits per heavy atom. The van der Waals surface area contributed by atoms with Gasteiger partial charge in [-0.2, -0.15) is 0 Å². The molecule has 2 atom stereocenters. The molecule has 4 nitrogen and oxygen atoms in total. The van der Waals surface area contributed by atoms with Crippen LogP contribution in [-0.2, 0) is 14.3 Å². The average Bonchev–Trinajstić information content (AvgIpc) is 2.47. The van der Waals surface area contributed by atoms with E-state index < -0.39 is 18.0 Å². The molecule has 0 saturated heterocycles. The number of benzene rings is 1. The first kappa shape index (κ1) is 16.9. The number of alkyl halides is 1. The number of hydrogen-bond donors (Lipinski definition) is 0. The van der Waals surface area contributed by atoms with Crippen molar-refractivity contribution in [2.45, 2.75) is 20.0 Å². The molecule has 0 fully saturated rings. The molecule has 1 aromatic carbocycles. The second kappa shape index (κ2) is 8.87. The minimum Gasteiger partial charge on any atom is -0.465 e. The van der Waals surface area contributed by atoms with E-state index in [-0.39, 0.29) is 12.4 Å². The maximum Gasteiger partial charge on any atom is 0.319 e. The van der Waals surface area contributed by atoms with E-state index in [9.17, 15) is 9.59 Å². The van der Waals surface area contributed by atoms with E-state index in [1.165, 1.54) is 0 Å². The lowest BCUT2D eigenvalue weighted by Crippen LogP contribution is -2.39. The van der Waals surface area contributed by atoms with Crippen molar-refractivity contribution < 1.29 is 19.1 Å². The number of ether oxygens (including phenoxy) is 2. The topological polar surface area (TPSA) is 52.6 Å². The van der Waals surface area contributed by atoms with E-state index >= 15 is 0 Å². The molecule has 1 rings (SSSR count). The summed E-state index contributed by atoms with van der Waals surface area (Å²) in [7, 11) is 0. The lowest BCUT2D eigenvalue weighted by atomic mass is 9.93. The van der Waals surface area contributed by atoms with E-state index in [0.717, 1.165) is 0 Å². The Bertz CT molecular complexity index is 433. The van der Waals surface area contributed by atoms with Gasteiger partial charge in [-0.3, -0.25) is 9.59 Å². The Hall–Kier alpha value is -1.20. The third kappa shape index (κ3) is 4.42. The van der Waals surface area contributed by atoms with E-state index in [0.29, 0.717) is 17.5 Å². The van der Waals surface area contributed by atoms with Crippen molar-refractivity contribution >= 4 is 27.7 Å². The molecule has 0 bridgehead atoms. The van der Waals surface area contributed by atoms with Crippen LogP contribution in [0.3, 0.4) is 0 Å². The molecule has 1 aromatic rings. The number of carbonyl (C=O) groups excluding carboxylic acids is 2. The first-order valence-corrected chi connectivity index (χ1v) is 7.71. The maximum atomic E-state index is 12.5. The minimum absolute atomic E-state index is 0.235. The summed E-state index contributed by atoms with van der Waals surface area (Å²) in [5.74, 6) is -1.77. The van der Waals surface area contributed by atoms with Crippen molar-refractivity contribution in [2.75, 3.05) is 18.5 Å². The zero-order valence-electron chi connectivity index (χ0n) is 11.7. The van der Waals surface area contributed by atoms with Gasteiger partial charge in [0.15, 0.2) is 5.78 Å². The fourth-order valence-electron chi connectivity index (χ4n) is 1.89. The molecule has 0 spiro atoms. The number of Topliss-reactive ketones (excluding diaryl/α,β-unsaturated/α-hetero) is 1. The summed E-state index contributed by atoms with van der Waals surface area (Å²) < 4.78 is 10.5. The van der Waals surface area contributed by atoms with Crippen LogP contribution in [-0.4, -0.2) is 36.4 Å². The fourth-order valence-corrected chi connectivity index (χ4v) is 2.45. The SMILES string of the molecule is CCOC(=O)C(C(=O)c1ccccc1)C(CBr)OCC. The second-order valence-electron chi connectivity index (χ2n) is 4.11. The summed E-state index contributed by atoms with van der Waals surface area (Å²) in [4.78, 5) is 24.6. The molecule has 0 aliphatic heterocycles. The van der Waals surface area contributed by atoms with Gasteiger partial charge in [0.05, 0.1) is 12.7 Å². The quantitative estimate of drug-likeness (QED) is 0.315. The van der Waals surface area contributed by atoms with E-state index in [2.05, 4.69) is 15.9 Å². The zero-order chi connectivity index (χ0) is 15.0. The highest BCUT2D eigenvalue weighted by molar-refractivity contribution is 9.09. The van der Waals surface area contributed by atoms with Crippen LogP contribution < -0.4 is 0 Å². The number of carbonyl (C=O) groups is 2. The highest BCUT2D eigenvalue weighted by Crippen LogP contribution is 2.19. The first-order chi connectivity index (χ1) is 9.65. The summed E-state index contributed by atoms with van der Waals surface area (Å²) in [6, 6.07) is 8.72. The maximum absolute atomic E-state index is 12.5. The number of esters is 1. The average molecular weight is 343 g/mol. The van der Waals surface area contributed by atoms with Gasteiger partial charge in [-0.05, 0) is 13.8 Å². The van der Waals surface area contributed by atoms with Crippen molar-refractivity contribution in [3.05, 3.63) is 35.9 Å². The number of ketones is 1. The largest absolute Gasteiger partial charge is 0.465 e. The third-order valence-corrected chi connectivity index (χ3v) is 3.42. The Morgan fingerprint density at radius 3 is 2.30 bits per heavy atom.